The Morgan fingerprint density at radius 1 is 1.11 bits per heavy atom. The highest BCUT2D eigenvalue weighted by Crippen LogP contribution is 2.17. The molecule has 0 saturated heterocycles. The molecule has 0 amide bonds. The molecular formula is C17H27N. The van der Waals surface area contributed by atoms with Crippen LogP contribution in [0.15, 0.2) is 23.8 Å². The van der Waals surface area contributed by atoms with Gasteiger partial charge in [0.15, 0.2) is 0 Å². The van der Waals surface area contributed by atoms with E-state index in [-0.39, 0.29) is 0 Å². The fourth-order valence-corrected chi connectivity index (χ4v) is 1.81. The largest absolute Gasteiger partial charge is 0.311 e. The third kappa shape index (κ3) is 4.66. The molecule has 0 bridgehead atoms. The fourth-order valence-electron chi connectivity index (χ4n) is 1.81. The van der Waals surface area contributed by atoms with Gasteiger partial charge < -0.3 is 5.32 Å². The number of benzene rings is 1. The van der Waals surface area contributed by atoms with Gasteiger partial charge in [0.05, 0.1) is 0 Å². The van der Waals surface area contributed by atoms with Crippen molar-refractivity contribution in [2.75, 3.05) is 6.54 Å². The first-order chi connectivity index (χ1) is 8.40. The Bertz CT molecular complexity index is 414. The zero-order chi connectivity index (χ0) is 13.7. The van der Waals surface area contributed by atoms with Crippen molar-refractivity contribution in [3.8, 4) is 0 Å². The normalized spacial score (nSPS) is 12.6. The van der Waals surface area contributed by atoms with E-state index in [1.165, 1.54) is 22.3 Å². The van der Waals surface area contributed by atoms with Crippen LogP contribution in [-0.2, 0) is 0 Å². The van der Waals surface area contributed by atoms with Gasteiger partial charge in [-0.1, -0.05) is 57.5 Å². The lowest BCUT2D eigenvalue weighted by atomic mass is 9.98. The summed E-state index contributed by atoms with van der Waals surface area (Å²) in [6.07, 6.45) is 2.33. The van der Waals surface area contributed by atoms with Crippen molar-refractivity contribution in [2.45, 2.75) is 47.6 Å². The maximum absolute atomic E-state index is 3.50. The predicted molar refractivity (Wildman–Crippen MR) is 81.9 cm³/mol. The second-order valence-electron chi connectivity index (χ2n) is 5.75. The molecule has 0 heterocycles. The van der Waals surface area contributed by atoms with Crippen LogP contribution in [-0.4, -0.2) is 12.6 Å². The molecule has 0 aliphatic rings. The van der Waals surface area contributed by atoms with Crippen LogP contribution in [0.5, 0.6) is 0 Å². The topological polar surface area (TPSA) is 12.0 Å². The van der Waals surface area contributed by atoms with E-state index < -0.39 is 0 Å². The third-order valence-corrected chi connectivity index (χ3v) is 3.34. The number of nitrogens with one attached hydrogen (secondary N) is 1. The lowest BCUT2D eigenvalue weighted by Gasteiger charge is -2.15. The molecule has 1 rings (SSSR count). The molecule has 0 fully saturated rings. The van der Waals surface area contributed by atoms with Crippen LogP contribution in [0.2, 0.25) is 0 Å². The zero-order valence-electron chi connectivity index (χ0n) is 12.7. The monoisotopic (exact) mass is 245 g/mol. The highest BCUT2D eigenvalue weighted by atomic mass is 14.9. The molecular weight excluding hydrogens is 218 g/mol. The van der Waals surface area contributed by atoms with Crippen molar-refractivity contribution < 1.29 is 0 Å². The standard InChI is InChI=1S/C17H27N/c1-12(2)17(11-18-13(3)4)10-16-8-7-14(5)15(6)9-16/h7-10,12-13,18H,11H2,1-6H3. The zero-order valence-corrected chi connectivity index (χ0v) is 12.7. The first kappa shape index (κ1) is 15.0. The van der Waals surface area contributed by atoms with Crippen LogP contribution in [0.1, 0.15) is 44.4 Å². The summed E-state index contributed by atoms with van der Waals surface area (Å²) in [5.74, 6) is 0.581. The highest BCUT2D eigenvalue weighted by molar-refractivity contribution is 5.55. The minimum absolute atomic E-state index is 0.534. The molecule has 0 radical (unpaired) electrons. The van der Waals surface area contributed by atoms with E-state index in [9.17, 15) is 0 Å². The van der Waals surface area contributed by atoms with Gasteiger partial charge in [0.1, 0.15) is 0 Å². The Morgan fingerprint density at radius 2 is 1.78 bits per heavy atom. The summed E-state index contributed by atoms with van der Waals surface area (Å²) in [6.45, 7) is 14.2. The lowest BCUT2D eigenvalue weighted by molar-refractivity contribution is 0.593. The molecule has 0 saturated carbocycles. The van der Waals surface area contributed by atoms with Gasteiger partial charge in [0, 0.05) is 12.6 Å². The quantitative estimate of drug-likeness (QED) is 0.813. The minimum Gasteiger partial charge on any atom is -0.311 e. The summed E-state index contributed by atoms with van der Waals surface area (Å²) < 4.78 is 0. The highest BCUT2D eigenvalue weighted by Gasteiger charge is 2.05. The molecule has 0 aliphatic heterocycles. The van der Waals surface area contributed by atoms with E-state index in [2.05, 4.69) is 71.1 Å². The van der Waals surface area contributed by atoms with Crippen molar-refractivity contribution in [3.05, 3.63) is 40.5 Å². The molecule has 1 aromatic carbocycles. The smallest absolute Gasteiger partial charge is 0.0172 e. The summed E-state index contributed by atoms with van der Waals surface area (Å²) in [4.78, 5) is 0. The van der Waals surface area contributed by atoms with E-state index in [1.807, 2.05) is 0 Å². The fraction of sp³-hybridized carbons (Fsp3) is 0.529. The lowest BCUT2D eigenvalue weighted by Crippen LogP contribution is -2.26. The van der Waals surface area contributed by atoms with Gasteiger partial charge in [-0.25, -0.2) is 0 Å². The first-order valence-corrected chi connectivity index (χ1v) is 6.91. The maximum atomic E-state index is 3.50. The van der Waals surface area contributed by atoms with Crippen molar-refractivity contribution in [1.29, 1.82) is 0 Å². The average molecular weight is 245 g/mol. The molecule has 1 N–H and O–H groups in total. The van der Waals surface area contributed by atoms with Crippen LogP contribution in [0.25, 0.3) is 6.08 Å². The molecule has 1 nitrogen and oxygen atoms in total. The SMILES string of the molecule is Cc1ccc(C=C(CNC(C)C)C(C)C)cc1C. The van der Waals surface area contributed by atoms with Gasteiger partial charge in [-0.2, -0.15) is 0 Å². The van der Waals surface area contributed by atoms with Gasteiger partial charge in [0.2, 0.25) is 0 Å². The summed E-state index contributed by atoms with van der Waals surface area (Å²) in [6, 6.07) is 7.22. The van der Waals surface area contributed by atoms with Gasteiger partial charge in [-0.05, 0) is 36.5 Å². The number of aryl methyl sites for hydroxylation is 2. The van der Waals surface area contributed by atoms with E-state index in [1.54, 1.807) is 0 Å². The van der Waals surface area contributed by atoms with Crippen molar-refractivity contribution >= 4 is 6.08 Å². The van der Waals surface area contributed by atoms with E-state index >= 15 is 0 Å². The van der Waals surface area contributed by atoms with E-state index in [0.29, 0.717) is 12.0 Å². The number of rotatable bonds is 5. The van der Waals surface area contributed by atoms with E-state index in [4.69, 9.17) is 0 Å². The Labute approximate surface area is 112 Å². The number of hydrogen-bond donors (Lipinski definition) is 1. The Hall–Kier alpha value is -1.08. The summed E-state index contributed by atoms with van der Waals surface area (Å²) >= 11 is 0. The van der Waals surface area contributed by atoms with Crippen molar-refractivity contribution in [1.82, 2.24) is 5.32 Å². The second kappa shape index (κ2) is 6.75. The first-order valence-electron chi connectivity index (χ1n) is 6.91. The molecule has 0 spiro atoms. The minimum atomic E-state index is 0.534. The average Bonchev–Trinajstić information content (AvgIpc) is 2.28. The molecule has 0 atom stereocenters. The van der Waals surface area contributed by atoms with Crippen LogP contribution in [0, 0.1) is 19.8 Å². The third-order valence-electron chi connectivity index (χ3n) is 3.34. The molecule has 1 heteroatoms. The van der Waals surface area contributed by atoms with E-state index in [0.717, 1.165) is 6.54 Å². The second-order valence-corrected chi connectivity index (χ2v) is 5.75. The van der Waals surface area contributed by atoms with Crippen molar-refractivity contribution in [3.63, 3.8) is 0 Å². The summed E-state index contributed by atoms with van der Waals surface area (Å²) in [5, 5.41) is 3.50. The molecule has 0 aliphatic carbocycles. The van der Waals surface area contributed by atoms with Crippen LogP contribution < -0.4 is 5.32 Å². The van der Waals surface area contributed by atoms with Crippen molar-refractivity contribution in [2.24, 2.45) is 5.92 Å². The van der Waals surface area contributed by atoms with Crippen LogP contribution >= 0.6 is 0 Å². The molecule has 100 valence electrons. The van der Waals surface area contributed by atoms with Gasteiger partial charge in [-0.15, -0.1) is 0 Å². The molecule has 18 heavy (non-hydrogen) atoms. The number of hydrogen-bond acceptors (Lipinski definition) is 1. The molecule has 1 aromatic rings. The maximum Gasteiger partial charge on any atom is 0.0172 e. The Balaban J connectivity index is 2.89. The Morgan fingerprint density at radius 3 is 2.28 bits per heavy atom. The van der Waals surface area contributed by atoms with Crippen LogP contribution in [0.4, 0.5) is 0 Å². The van der Waals surface area contributed by atoms with Crippen LogP contribution in [0.3, 0.4) is 0 Å². The van der Waals surface area contributed by atoms with Gasteiger partial charge in [0.25, 0.3) is 0 Å². The molecule has 0 unspecified atom stereocenters. The molecule has 0 aromatic heterocycles. The van der Waals surface area contributed by atoms with Gasteiger partial charge in [-0.3, -0.25) is 0 Å². The summed E-state index contributed by atoms with van der Waals surface area (Å²) in [5.41, 5.74) is 5.50. The predicted octanol–water partition coefficient (Wildman–Crippen LogP) is 4.34. The summed E-state index contributed by atoms with van der Waals surface area (Å²) in [7, 11) is 0. The van der Waals surface area contributed by atoms with Gasteiger partial charge >= 0.3 is 0 Å². The Kier molecular flexibility index (Phi) is 5.61.